The van der Waals surface area contributed by atoms with E-state index >= 15 is 0 Å². The number of thiophene rings is 1. The molecule has 5 nitrogen and oxygen atoms in total. The molecule has 0 aromatic carbocycles. The van der Waals surface area contributed by atoms with E-state index in [1.54, 1.807) is 6.07 Å². The third-order valence-electron chi connectivity index (χ3n) is 3.31. The van der Waals surface area contributed by atoms with Gasteiger partial charge in [-0.15, -0.1) is 11.3 Å². The number of carbonyl (C=O) groups is 1. The van der Waals surface area contributed by atoms with Crippen molar-refractivity contribution in [2.24, 2.45) is 0 Å². The molecule has 1 aromatic rings. The Morgan fingerprint density at radius 2 is 2.14 bits per heavy atom. The van der Waals surface area contributed by atoms with Gasteiger partial charge in [-0.25, -0.2) is 8.42 Å². The molecule has 2 rings (SSSR count). The standard InChI is InChI=1S/C14H17NO4S2/c1-10-9-13(20-12(10)3-2-6-16)14(17)15-11-4-7-21(18,19)8-5-11/h9,11,16H,4-8H2,1H3,(H,15,17). The summed E-state index contributed by atoms with van der Waals surface area (Å²) in [6.07, 6.45) is 0.936. The summed E-state index contributed by atoms with van der Waals surface area (Å²) < 4.78 is 22.7. The first-order chi connectivity index (χ1) is 9.91. The molecule has 1 fully saturated rings. The number of amides is 1. The summed E-state index contributed by atoms with van der Waals surface area (Å²) in [7, 11) is -2.92. The maximum atomic E-state index is 12.2. The van der Waals surface area contributed by atoms with E-state index in [1.165, 1.54) is 11.3 Å². The van der Waals surface area contributed by atoms with Crippen LogP contribution in [0.5, 0.6) is 0 Å². The van der Waals surface area contributed by atoms with Crippen molar-refractivity contribution in [2.45, 2.75) is 25.8 Å². The van der Waals surface area contributed by atoms with Crippen LogP contribution in [0, 0.1) is 18.8 Å². The average Bonchev–Trinajstić information content (AvgIpc) is 2.80. The molecule has 1 aromatic heterocycles. The highest BCUT2D eigenvalue weighted by Crippen LogP contribution is 2.21. The first kappa shape index (κ1) is 16.0. The minimum Gasteiger partial charge on any atom is -0.384 e. The van der Waals surface area contributed by atoms with Gasteiger partial charge in [0, 0.05) is 6.04 Å². The topological polar surface area (TPSA) is 83.5 Å². The van der Waals surface area contributed by atoms with Crippen molar-refractivity contribution in [3.63, 3.8) is 0 Å². The number of hydrogen-bond acceptors (Lipinski definition) is 5. The van der Waals surface area contributed by atoms with Gasteiger partial charge in [0.15, 0.2) is 0 Å². The maximum absolute atomic E-state index is 12.2. The Balaban J connectivity index is 2.01. The molecule has 1 aliphatic heterocycles. The number of aryl methyl sites for hydroxylation is 1. The molecule has 0 saturated carbocycles. The highest BCUT2D eigenvalue weighted by atomic mass is 32.2. The zero-order chi connectivity index (χ0) is 15.5. The Bertz CT molecular complexity index is 680. The first-order valence-electron chi connectivity index (χ1n) is 6.63. The van der Waals surface area contributed by atoms with E-state index in [0.29, 0.717) is 17.7 Å². The molecule has 1 saturated heterocycles. The summed E-state index contributed by atoms with van der Waals surface area (Å²) in [5.74, 6) is 5.45. The quantitative estimate of drug-likeness (QED) is 0.784. The van der Waals surface area contributed by atoms with Crippen molar-refractivity contribution >= 4 is 27.1 Å². The molecule has 1 aliphatic rings. The smallest absolute Gasteiger partial charge is 0.261 e. The zero-order valence-corrected chi connectivity index (χ0v) is 13.3. The van der Waals surface area contributed by atoms with Gasteiger partial charge in [0.25, 0.3) is 5.91 Å². The Hall–Kier alpha value is -1.36. The van der Waals surface area contributed by atoms with E-state index < -0.39 is 9.84 Å². The number of hydrogen-bond donors (Lipinski definition) is 2. The van der Waals surface area contributed by atoms with Crippen molar-refractivity contribution in [3.05, 3.63) is 21.4 Å². The fourth-order valence-electron chi connectivity index (χ4n) is 2.13. The SMILES string of the molecule is Cc1cc(C(=O)NC2CCS(=O)(=O)CC2)sc1C#CCO. The second kappa shape index (κ2) is 6.60. The van der Waals surface area contributed by atoms with Crippen LogP contribution in [0.15, 0.2) is 6.07 Å². The van der Waals surface area contributed by atoms with Gasteiger partial charge < -0.3 is 10.4 Å². The number of nitrogens with one attached hydrogen (secondary N) is 1. The van der Waals surface area contributed by atoms with E-state index in [1.807, 2.05) is 6.92 Å². The normalized spacial score (nSPS) is 17.8. The third kappa shape index (κ3) is 4.30. The van der Waals surface area contributed by atoms with Crippen LogP contribution in [0.2, 0.25) is 0 Å². The largest absolute Gasteiger partial charge is 0.384 e. The number of aliphatic hydroxyl groups is 1. The molecule has 114 valence electrons. The van der Waals surface area contributed by atoms with Crippen LogP contribution in [0.1, 0.15) is 33.0 Å². The van der Waals surface area contributed by atoms with Crippen LogP contribution < -0.4 is 5.32 Å². The van der Waals surface area contributed by atoms with Crippen LogP contribution in [-0.2, 0) is 9.84 Å². The molecule has 0 atom stereocenters. The molecule has 21 heavy (non-hydrogen) atoms. The van der Waals surface area contributed by atoms with Crippen LogP contribution in [-0.4, -0.2) is 43.6 Å². The minimum atomic E-state index is -2.92. The monoisotopic (exact) mass is 327 g/mol. The molecule has 0 bridgehead atoms. The van der Waals surface area contributed by atoms with Gasteiger partial charge in [-0.3, -0.25) is 4.79 Å². The van der Waals surface area contributed by atoms with E-state index in [-0.39, 0.29) is 30.1 Å². The fraction of sp³-hybridized carbons (Fsp3) is 0.500. The highest BCUT2D eigenvalue weighted by molar-refractivity contribution is 7.91. The summed E-state index contributed by atoms with van der Waals surface area (Å²) >= 11 is 1.28. The second-order valence-corrected chi connectivity index (χ2v) is 8.34. The van der Waals surface area contributed by atoms with E-state index in [0.717, 1.165) is 10.4 Å². The number of carbonyl (C=O) groups excluding carboxylic acids is 1. The fourth-order valence-corrected chi connectivity index (χ4v) is 4.57. The van der Waals surface area contributed by atoms with Gasteiger partial charge in [0.1, 0.15) is 16.4 Å². The van der Waals surface area contributed by atoms with Crippen molar-refractivity contribution < 1.29 is 18.3 Å². The molecule has 0 spiro atoms. The average molecular weight is 327 g/mol. The summed E-state index contributed by atoms with van der Waals surface area (Å²) in [6, 6.07) is 1.68. The zero-order valence-electron chi connectivity index (χ0n) is 11.7. The Kier molecular flexibility index (Phi) is 5.04. The molecule has 0 unspecified atom stereocenters. The number of aliphatic hydroxyl groups excluding tert-OH is 1. The molecular weight excluding hydrogens is 310 g/mol. The minimum absolute atomic E-state index is 0.0876. The molecule has 0 aliphatic carbocycles. The lowest BCUT2D eigenvalue weighted by molar-refractivity contribution is 0.0938. The van der Waals surface area contributed by atoms with Crippen molar-refractivity contribution in [1.29, 1.82) is 0 Å². The molecular formula is C14H17NO4S2. The lowest BCUT2D eigenvalue weighted by Crippen LogP contribution is -2.40. The van der Waals surface area contributed by atoms with E-state index in [9.17, 15) is 13.2 Å². The Labute approximate surface area is 128 Å². The van der Waals surface area contributed by atoms with Gasteiger partial charge in [-0.1, -0.05) is 11.8 Å². The van der Waals surface area contributed by atoms with Crippen LogP contribution in [0.3, 0.4) is 0 Å². The maximum Gasteiger partial charge on any atom is 0.261 e. The highest BCUT2D eigenvalue weighted by Gasteiger charge is 2.25. The number of rotatable bonds is 2. The van der Waals surface area contributed by atoms with Gasteiger partial charge in [0.05, 0.1) is 21.3 Å². The van der Waals surface area contributed by atoms with Crippen molar-refractivity contribution in [2.75, 3.05) is 18.1 Å². The number of sulfone groups is 1. The third-order valence-corrected chi connectivity index (χ3v) is 6.18. The molecule has 1 amide bonds. The van der Waals surface area contributed by atoms with Gasteiger partial charge in [-0.05, 0) is 31.4 Å². The molecule has 2 heterocycles. The van der Waals surface area contributed by atoms with Gasteiger partial charge >= 0.3 is 0 Å². The molecule has 0 radical (unpaired) electrons. The Morgan fingerprint density at radius 1 is 1.48 bits per heavy atom. The lowest BCUT2D eigenvalue weighted by Gasteiger charge is -2.22. The predicted octanol–water partition coefficient (Wildman–Crippen LogP) is 0.707. The summed E-state index contributed by atoms with van der Waals surface area (Å²) in [5, 5.41) is 11.6. The lowest BCUT2D eigenvalue weighted by atomic mass is 10.1. The van der Waals surface area contributed by atoms with Gasteiger partial charge in [0.2, 0.25) is 0 Å². The van der Waals surface area contributed by atoms with Crippen LogP contribution >= 0.6 is 11.3 Å². The van der Waals surface area contributed by atoms with Crippen molar-refractivity contribution in [3.8, 4) is 11.8 Å². The van der Waals surface area contributed by atoms with Gasteiger partial charge in [-0.2, -0.15) is 0 Å². The first-order valence-corrected chi connectivity index (χ1v) is 9.26. The van der Waals surface area contributed by atoms with Crippen molar-refractivity contribution in [1.82, 2.24) is 5.32 Å². The summed E-state index contributed by atoms with van der Waals surface area (Å²) in [6.45, 7) is 1.65. The van der Waals surface area contributed by atoms with E-state index in [2.05, 4.69) is 17.2 Å². The summed E-state index contributed by atoms with van der Waals surface area (Å²) in [5.41, 5.74) is 0.900. The van der Waals surface area contributed by atoms with Crippen LogP contribution in [0.4, 0.5) is 0 Å². The molecule has 2 N–H and O–H groups in total. The van der Waals surface area contributed by atoms with Crippen LogP contribution in [0.25, 0.3) is 0 Å². The summed E-state index contributed by atoms with van der Waals surface area (Å²) in [4.78, 5) is 13.5. The Morgan fingerprint density at radius 3 is 2.76 bits per heavy atom. The molecule has 7 heteroatoms. The predicted molar refractivity (Wildman–Crippen MR) is 82.2 cm³/mol. The second-order valence-electron chi connectivity index (χ2n) is 4.98. The van der Waals surface area contributed by atoms with E-state index in [4.69, 9.17) is 5.11 Å².